The predicted molar refractivity (Wildman–Crippen MR) is 107 cm³/mol. The van der Waals surface area contributed by atoms with Crippen LogP contribution in [0.3, 0.4) is 0 Å². The van der Waals surface area contributed by atoms with E-state index in [-0.39, 0.29) is 5.91 Å². The number of thiazole rings is 1. The van der Waals surface area contributed by atoms with Crippen molar-refractivity contribution < 1.29 is 9.21 Å². The Morgan fingerprint density at radius 2 is 2.00 bits per heavy atom. The molecule has 0 aliphatic carbocycles. The Hall–Kier alpha value is -1.86. The number of hydrogen-bond donors (Lipinski definition) is 0. The van der Waals surface area contributed by atoms with Crippen LogP contribution in [0.15, 0.2) is 33.2 Å². The van der Waals surface area contributed by atoms with Crippen LogP contribution in [0.2, 0.25) is 0 Å². The number of carbonyl (C=O) groups excluding carboxylic acids is 1. The van der Waals surface area contributed by atoms with Crippen LogP contribution >= 0.6 is 23.1 Å². The molecule has 2 aromatic heterocycles. The summed E-state index contributed by atoms with van der Waals surface area (Å²) in [6.07, 6.45) is 1.91. The molecule has 0 aliphatic heterocycles. The lowest BCUT2D eigenvalue weighted by Gasteiger charge is -2.20. The molecule has 0 fully saturated rings. The van der Waals surface area contributed by atoms with Gasteiger partial charge in [0.15, 0.2) is 5.58 Å². The number of rotatable bonds is 8. The smallest absolute Gasteiger partial charge is 0.273 e. The highest BCUT2D eigenvalue weighted by atomic mass is 32.2. The molecule has 2 heterocycles. The van der Waals surface area contributed by atoms with Crippen molar-refractivity contribution >= 4 is 40.1 Å². The number of thioether (sulfide) groups is 1. The van der Waals surface area contributed by atoms with Gasteiger partial charge in [0.1, 0.15) is 16.2 Å². The molecule has 0 atom stereocenters. The molecule has 0 radical (unpaired) electrons. The van der Waals surface area contributed by atoms with E-state index in [1.54, 1.807) is 0 Å². The average Bonchev–Trinajstić information content (AvgIpc) is 3.25. The number of oxazole rings is 1. The first-order valence-corrected chi connectivity index (χ1v) is 10.7. The third-order valence-electron chi connectivity index (χ3n) is 3.89. The van der Waals surface area contributed by atoms with Gasteiger partial charge in [0, 0.05) is 18.5 Å². The predicted octanol–water partition coefficient (Wildman–Crippen LogP) is 5.15. The van der Waals surface area contributed by atoms with Gasteiger partial charge in [0.2, 0.25) is 0 Å². The van der Waals surface area contributed by atoms with Gasteiger partial charge in [0.05, 0.1) is 5.75 Å². The topological polar surface area (TPSA) is 59.2 Å². The second-order valence-electron chi connectivity index (χ2n) is 6.16. The Bertz CT molecular complexity index is 882. The summed E-state index contributed by atoms with van der Waals surface area (Å²) < 4.78 is 5.75. The fraction of sp³-hybridized carbons (Fsp3) is 0.421. The lowest BCUT2D eigenvalue weighted by Crippen LogP contribution is -2.32. The van der Waals surface area contributed by atoms with Gasteiger partial charge in [-0.1, -0.05) is 31.7 Å². The molecule has 138 valence electrons. The summed E-state index contributed by atoms with van der Waals surface area (Å²) in [5, 5.41) is 3.39. The summed E-state index contributed by atoms with van der Waals surface area (Å²) in [6.45, 7) is 7.75. The highest BCUT2D eigenvalue weighted by molar-refractivity contribution is 7.98. The summed E-state index contributed by atoms with van der Waals surface area (Å²) in [4.78, 5) is 23.5. The zero-order chi connectivity index (χ0) is 18.5. The minimum atomic E-state index is 0.0264. The van der Waals surface area contributed by atoms with E-state index in [9.17, 15) is 4.79 Å². The summed E-state index contributed by atoms with van der Waals surface area (Å²) >= 11 is 3.02. The second kappa shape index (κ2) is 8.68. The number of amides is 1. The summed E-state index contributed by atoms with van der Waals surface area (Å²) in [7, 11) is 0. The SMILES string of the molecule is CCCN(CCC)C(=O)c1csc(CSc2nc3cc(C)ccc3o2)n1. The van der Waals surface area contributed by atoms with E-state index < -0.39 is 0 Å². The van der Waals surface area contributed by atoms with E-state index in [0.29, 0.717) is 16.7 Å². The van der Waals surface area contributed by atoms with E-state index in [1.165, 1.54) is 23.1 Å². The molecule has 5 nitrogen and oxygen atoms in total. The first-order valence-electron chi connectivity index (χ1n) is 8.84. The molecular formula is C19H23N3O2S2. The molecule has 0 spiro atoms. The Labute approximate surface area is 161 Å². The van der Waals surface area contributed by atoms with Crippen molar-refractivity contribution in [3.63, 3.8) is 0 Å². The standard InChI is InChI=1S/C19H23N3O2S2/c1-4-8-22(9-5-2)18(23)15-11-25-17(20-15)12-26-19-21-14-10-13(3)6-7-16(14)24-19/h6-7,10-11H,4-5,8-9,12H2,1-3H3. The van der Waals surface area contributed by atoms with Crippen LogP contribution in [0.4, 0.5) is 0 Å². The maximum absolute atomic E-state index is 12.6. The van der Waals surface area contributed by atoms with Crippen molar-refractivity contribution in [3.8, 4) is 0 Å². The van der Waals surface area contributed by atoms with Crippen molar-refractivity contribution in [2.24, 2.45) is 0 Å². The molecule has 0 saturated carbocycles. The number of nitrogens with zero attached hydrogens (tertiary/aromatic N) is 3. The minimum absolute atomic E-state index is 0.0264. The van der Waals surface area contributed by atoms with Crippen LogP contribution < -0.4 is 0 Å². The average molecular weight is 390 g/mol. The molecule has 3 aromatic rings. The summed E-state index contributed by atoms with van der Waals surface area (Å²) in [6, 6.07) is 5.97. The van der Waals surface area contributed by atoms with Gasteiger partial charge in [-0.3, -0.25) is 4.79 Å². The van der Waals surface area contributed by atoms with Crippen molar-refractivity contribution in [2.75, 3.05) is 13.1 Å². The summed E-state index contributed by atoms with van der Waals surface area (Å²) in [5.41, 5.74) is 3.37. The third kappa shape index (κ3) is 4.45. The zero-order valence-electron chi connectivity index (χ0n) is 15.3. The van der Waals surface area contributed by atoms with Gasteiger partial charge in [-0.25, -0.2) is 9.97 Å². The normalized spacial score (nSPS) is 11.2. The zero-order valence-corrected chi connectivity index (χ0v) is 17.0. The Balaban J connectivity index is 1.64. The van der Waals surface area contributed by atoms with E-state index in [2.05, 4.69) is 23.8 Å². The van der Waals surface area contributed by atoms with Crippen molar-refractivity contribution in [3.05, 3.63) is 39.8 Å². The molecule has 0 bridgehead atoms. The maximum atomic E-state index is 12.6. The largest absolute Gasteiger partial charge is 0.431 e. The fourth-order valence-corrected chi connectivity index (χ4v) is 4.32. The molecule has 1 amide bonds. The number of fused-ring (bicyclic) bond motifs is 1. The third-order valence-corrected chi connectivity index (χ3v) is 5.76. The number of benzene rings is 1. The van der Waals surface area contributed by atoms with E-state index in [4.69, 9.17) is 4.42 Å². The van der Waals surface area contributed by atoms with Gasteiger partial charge < -0.3 is 9.32 Å². The van der Waals surface area contributed by atoms with E-state index >= 15 is 0 Å². The lowest BCUT2D eigenvalue weighted by atomic mass is 10.2. The Morgan fingerprint density at radius 1 is 1.23 bits per heavy atom. The van der Waals surface area contributed by atoms with Crippen LogP contribution in [0.5, 0.6) is 0 Å². The molecule has 0 saturated heterocycles. The van der Waals surface area contributed by atoms with Gasteiger partial charge in [-0.05, 0) is 37.5 Å². The molecule has 0 aliphatic rings. The molecule has 0 unspecified atom stereocenters. The quantitative estimate of drug-likeness (QED) is 0.499. The van der Waals surface area contributed by atoms with Crippen LogP contribution in [0, 0.1) is 6.92 Å². The molecule has 0 N–H and O–H groups in total. The fourth-order valence-electron chi connectivity index (χ4n) is 2.69. The molecule has 3 rings (SSSR count). The van der Waals surface area contributed by atoms with Crippen molar-refractivity contribution in [1.82, 2.24) is 14.9 Å². The maximum Gasteiger partial charge on any atom is 0.273 e. The molecule has 26 heavy (non-hydrogen) atoms. The van der Waals surface area contributed by atoms with Gasteiger partial charge in [-0.15, -0.1) is 11.3 Å². The Kier molecular flexibility index (Phi) is 6.32. The monoisotopic (exact) mass is 389 g/mol. The van der Waals surface area contributed by atoms with Crippen LogP contribution in [-0.2, 0) is 5.75 Å². The first-order chi connectivity index (χ1) is 12.6. The summed E-state index contributed by atoms with van der Waals surface area (Å²) in [5.74, 6) is 0.671. The van der Waals surface area contributed by atoms with Gasteiger partial charge >= 0.3 is 0 Å². The van der Waals surface area contributed by atoms with Crippen LogP contribution in [0.25, 0.3) is 11.1 Å². The van der Waals surface area contributed by atoms with Crippen molar-refractivity contribution in [2.45, 2.75) is 44.6 Å². The van der Waals surface area contributed by atoms with E-state index in [1.807, 2.05) is 35.4 Å². The molecule has 7 heteroatoms. The van der Waals surface area contributed by atoms with Gasteiger partial charge in [-0.2, -0.15) is 0 Å². The highest BCUT2D eigenvalue weighted by Gasteiger charge is 2.18. The molecule has 1 aromatic carbocycles. The highest BCUT2D eigenvalue weighted by Crippen LogP contribution is 2.28. The number of aryl methyl sites for hydroxylation is 1. The Morgan fingerprint density at radius 3 is 2.73 bits per heavy atom. The van der Waals surface area contributed by atoms with E-state index in [0.717, 1.165) is 47.6 Å². The lowest BCUT2D eigenvalue weighted by molar-refractivity contribution is 0.0750. The second-order valence-corrected chi connectivity index (χ2v) is 8.03. The first kappa shape index (κ1) is 18.9. The van der Waals surface area contributed by atoms with Crippen LogP contribution in [-0.4, -0.2) is 33.9 Å². The minimum Gasteiger partial charge on any atom is -0.431 e. The number of carbonyl (C=O) groups is 1. The number of hydrogen-bond acceptors (Lipinski definition) is 6. The van der Waals surface area contributed by atoms with Crippen LogP contribution in [0.1, 0.15) is 47.7 Å². The molecular weight excluding hydrogens is 366 g/mol. The van der Waals surface area contributed by atoms with Crippen molar-refractivity contribution in [1.29, 1.82) is 0 Å². The number of aromatic nitrogens is 2. The van der Waals surface area contributed by atoms with Gasteiger partial charge in [0.25, 0.3) is 11.1 Å².